The molecule has 2 nitrogen and oxygen atoms in total. The quantitative estimate of drug-likeness (QED) is 0.881. The Hall–Kier alpha value is -1.09. The molecule has 104 valence electrons. The van der Waals surface area contributed by atoms with Gasteiger partial charge in [-0.3, -0.25) is 0 Å². The summed E-state index contributed by atoms with van der Waals surface area (Å²) in [6.07, 6.45) is 2.62. The number of nitrogens with zero attached hydrogens (tertiary/aromatic N) is 1. The highest BCUT2D eigenvalue weighted by Gasteiger charge is 2.45. The first-order chi connectivity index (χ1) is 8.99. The molecule has 1 heterocycles. The number of halogens is 1. The van der Waals surface area contributed by atoms with Crippen LogP contribution in [0.3, 0.4) is 0 Å². The Kier molecular flexibility index (Phi) is 3.05. The lowest BCUT2D eigenvalue weighted by Crippen LogP contribution is -2.63. The molecule has 0 aromatic heterocycles. The van der Waals surface area contributed by atoms with Gasteiger partial charge < -0.3 is 10.2 Å². The third-order valence-corrected chi connectivity index (χ3v) is 4.72. The first-order valence-corrected chi connectivity index (χ1v) is 7.27. The Bertz CT molecular complexity index is 484. The van der Waals surface area contributed by atoms with E-state index in [1.807, 2.05) is 19.1 Å². The van der Waals surface area contributed by atoms with E-state index in [0.717, 1.165) is 30.3 Å². The molecule has 1 aliphatic heterocycles. The van der Waals surface area contributed by atoms with Crippen molar-refractivity contribution in [2.24, 2.45) is 5.92 Å². The molecule has 1 saturated carbocycles. The number of piperazine rings is 1. The summed E-state index contributed by atoms with van der Waals surface area (Å²) in [7, 11) is 0. The van der Waals surface area contributed by atoms with Gasteiger partial charge in [0, 0.05) is 24.7 Å². The molecule has 2 aliphatic rings. The van der Waals surface area contributed by atoms with Crippen LogP contribution in [0.4, 0.5) is 10.1 Å². The van der Waals surface area contributed by atoms with E-state index in [9.17, 15) is 4.39 Å². The van der Waals surface area contributed by atoms with E-state index >= 15 is 0 Å². The third-order valence-electron chi connectivity index (χ3n) is 4.72. The van der Waals surface area contributed by atoms with Crippen molar-refractivity contribution in [3.63, 3.8) is 0 Å². The maximum absolute atomic E-state index is 14.1. The number of anilines is 1. The van der Waals surface area contributed by atoms with Crippen molar-refractivity contribution >= 4 is 5.69 Å². The summed E-state index contributed by atoms with van der Waals surface area (Å²) in [5.41, 5.74) is 2.03. The molecule has 1 aromatic rings. The molecule has 1 aliphatic carbocycles. The zero-order valence-electron chi connectivity index (χ0n) is 12.0. The molecule has 2 unspecified atom stereocenters. The van der Waals surface area contributed by atoms with Gasteiger partial charge in [-0.05, 0) is 57.2 Å². The fourth-order valence-corrected chi connectivity index (χ4v) is 3.22. The van der Waals surface area contributed by atoms with E-state index in [4.69, 9.17) is 0 Å². The maximum atomic E-state index is 14.1. The van der Waals surface area contributed by atoms with Crippen LogP contribution in [-0.4, -0.2) is 24.7 Å². The van der Waals surface area contributed by atoms with Crippen LogP contribution < -0.4 is 10.2 Å². The summed E-state index contributed by atoms with van der Waals surface area (Å²) in [5, 5.41) is 3.68. The molecule has 1 aromatic carbocycles. The molecule has 3 heteroatoms. The van der Waals surface area contributed by atoms with Crippen molar-refractivity contribution in [2.45, 2.75) is 45.2 Å². The standard InChI is InChI=1S/C16H23FN2/c1-11-4-7-14(17)15(8-11)19-10-16(3,13-5-6-13)18-9-12(19)2/h4,7-8,12-13,18H,5-6,9-10H2,1-3H3. The van der Waals surface area contributed by atoms with Gasteiger partial charge in [0.05, 0.1) is 5.69 Å². The van der Waals surface area contributed by atoms with Gasteiger partial charge in [0.25, 0.3) is 0 Å². The minimum atomic E-state index is -0.0995. The fourth-order valence-electron chi connectivity index (χ4n) is 3.22. The SMILES string of the molecule is Cc1ccc(F)c(N2CC(C)(C3CC3)NCC2C)c1. The van der Waals surface area contributed by atoms with Crippen LogP contribution in [0.25, 0.3) is 0 Å². The molecule has 3 rings (SSSR count). The lowest BCUT2D eigenvalue weighted by molar-refractivity contribution is 0.259. The summed E-state index contributed by atoms with van der Waals surface area (Å²) in [4.78, 5) is 2.25. The molecule has 0 amide bonds. The molecule has 1 N–H and O–H groups in total. The largest absolute Gasteiger partial charge is 0.363 e. The van der Waals surface area contributed by atoms with Crippen LogP contribution in [0.2, 0.25) is 0 Å². The molecular weight excluding hydrogens is 239 g/mol. The summed E-state index contributed by atoms with van der Waals surface area (Å²) in [5.74, 6) is 0.660. The van der Waals surface area contributed by atoms with Crippen LogP contribution in [-0.2, 0) is 0 Å². The van der Waals surface area contributed by atoms with Crippen LogP contribution in [0.5, 0.6) is 0 Å². The highest BCUT2D eigenvalue weighted by molar-refractivity contribution is 5.52. The molecule has 19 heavy (non-hydrogen) atoms. The summed E-state index contributed by atoms with van der Waals surface area (Å²) in [6, 6.07) is 5.74. The van der Waals surface area contributed by atoms with Gasteiger partial charge in [-0.25, -0.2) is 4.39 Å². The smallest absolute Gasteiger partial charge is 0.146 e. The molecule has 2 fully saturated rings. The highest BCUT2D eigenvalue weighted by atomic mass is 19.1. The Morgan fingerprint density at radius 3 is 2.79 bits per heavy atom. The Balaban J connectivity index is 1.90. The Morgan fingerprint density at radius 2 is 2.11 bits per heavy atom. The predicted molar refractivity (Wildman–Crippen MR) is 77.1 cm³/mol. The molecule has 0 bridgehead atoms. The maximum Gasteiger partial charge on any atom is 0.146 e. The molecule has 0 radical (unpaired) electrons. The van der Waals surface area contributed by atoms with Gasteiger partial charge in [0.2, 0.25) is 0 Å². The van der Waals surface area contributed by atoms with Gasteiger partial charge in [-0.1, -0.05) is 6.07 Å². The summed E-state index contributed by atoms with van der Waals surface area (Å²) >= 11 is 0. The van der Waals surface area contributed by atoms with E-state index in [-0.39, 0.29) is 11.4 Å². The van der Waals surface area contributed by atoms with Crippen molar-refractivity contribution in [2.75, 3.05) is 18.0 Å². The van der Waals surface area contributed by atoms with Crippen molar-refractivity contribution in [1.82, 2.24) is 5.32 Å². The van der Waals surface area contributed by atoms with Crippen molar-refractivity contribution in [1.29, 1.82) is 0 Å². The van der Waals surface area contributed by atoms with Gasteiger partial charge >= 0.3 is 0 Å². The van der Waals surface area contributed by atoms with Crippen molar-refractivity contribution in [3.05, 3.63) is 29.6 Å². The number of benzene rings is 1. The monoisotopic (exact) mass is 262 g/mol. The normalized spacial score (nSPS) is 31.6. The predicted octanol–water partition coefficient (Wildman–Crippen LogP) is 3.10. The van der Waals surface area contributed by atoms with E-state index in [1.54, 1.807) is 6.07 Å². The summed E-state index contributed by atoms with van der Waals surface area (Å²) < 4.78 is 14.1. The topological polar surface area (TPSA) is 15.3 Å². The third kappa shape index (κ3) is 2.36. The molecule has 2 atom stereocenters. The average Bonchev–Trinajstić information content (AvgIpc) is 3.20. The zero-order chi connectivity index (χ0) is 13.6. The molecule has 0 spiro atoms. The van der Waals surface area contributed by atoms with Gasteiger partial charge in [-0.15, -0.1) is 0 Å². The zero-order valence-corrected chi connectivity index (χ0v) is 12.0. The second-order valence-electron chi connectivity index (χ2n) is 6.50. The number of rotatable bonds is 2. The number of aryl methyl sites for hydroxylation is 1. The number of hydrogen-bond donors (Lipinski definition) is 1. The first-order valence-electron chi connectivity index (χ1n) is 7.27. The minimum Gasteiger partial charge on any atom is -0.363 e. The van der Waals surface area contributed by atoms with Crippen molar-refractivity contribution in [3.8, 4) is 0 Å². The van der Waals surface area contributed by atoms with Crippen LogP contribution in [0.15, 0.2) is 18.2 Å². The Labute approximate surface area is 115 Å². The second-order valence-corrected chi connectivity index (χ2v) is 6.50. The lowest BCUT2D eigenvalue weighted by Gasteiger charge is -2.47. The lowest BCUT2D eigenvalue weighted by atomic mass is 9.90. The number of nitrogens with one attached hydrogen (secondary N) is 1. The molecule has 1 saturated heterocycles. The summed E-state index contributed by atoms with van der Waals surface area (Å²) in [6.45, 7) is 8.31. The first kappa shape index (κ1) is 12.9. The van der Waals surface area contributed by atoms with Crippen molar-refractivity contribution < 1.29 is 4.39 Å². The van der Waals surface area contributed by atoms with Gasteiger partial charge in [-0.2, -0.15) is 0 Å². The Morgan fingerprint density at radius 1 is 1.37 bits per heavy atom. The number of hydrogen-bond acceptors (Lipinski definition) is 2. The van der Waals surface area contributed by atoms with Gasteiger partial charge in [0.1, 0.15) is 5.82 Å². The average molecular weight is 262 g/mol. The van der Waals surface area contributed by atoms with Gasteiger partial charge in [0.15, 0.2) is 0 Å². The highest BCUT2D eigenvalue weighted by Crippen LogP contribution is 2.42. The minimum absolute atomic E-state index is 0.0995. The molecular formula is C16H23FN2. The van der Waals surface area contributed by atoms with Crippen LogP contribution >= 0.6 is 0 Å². The fraction of sp³-hybridized carbons (Fsp3) is 0.625. The second kappa shape index (κ2) is 4.48. The van der Waals surface area contributed by atoms with E-state index in [0.29, 0.717) is 6.04 Å². The van der Waals surface area contributed by atoms with Crippen LogP contribution in [0, 0.1) is 18.7 Å². The van der Waals surface area contributed by atoms with E-state index < -0.39 is 0 Å². The van der Waals surface area contributed by atoms with E-state index in [1.165, 1.54) is 12.8 Å². The van der Waals surface area contributed by atoms with E-state index in [2.05, 4.69) is 24.1 Å². The van der Waals surface area contributed by atoms with Crippen LogP contribution in [0.1, 0.15) is 32.3 Å².